The molecule has 0 aromatic heterocycles. The fourth-order valence-electron chi connectivity index (χ4n) is 3.70. The van der Waals surface area contributed by atoms with Crippen molar-refractivity contribution in [2.24, 2.45) is 4.99 Å². The van der Waals surface area contributed by atoms with E-state index in [4.69, 9.17) is 9.47 Å². The number of carbonyl (C=O) groups is 1. The first-order valence-corrected chi connectivity index (χ1v) is 10.7. The number of nitrogens with zero attached hydrogens (tertiary/aromatic N) is 3. The summed E-state index contributed by atoms with van der Waals surface area (Å²) in [4.78, 5) is 21.0. The van der Waals surface area contributed by atoms with Crippen molar-refractivity contribution in [3.8, 4) is 5.75 Å². The lowest BCUT2D eigenvalue weighted by Crippen LogP contribution is -2.55. The first kappa shape index (κ1) is 21.4. The molecule has 7 nitrogen and oxygen atoms in total. The van der Waals surface area contributed by atoms with E-state index in [-0.39, 0.29) is 12.0 Å². The van der Waals surface area contributed by atoms with Crippen molar-refractivity contribution in [1.29, 1.82) is 0 Å². The topological polar surface area (TPSA) is 66.4 Å². The summed E-state index contributed by atoms with van der Waals surface area (Å²) < 4.78 is 11.3. The summed E-state index contributed by atoms with van der Waals surface area (Å²) >= 11 is 0. The molecule has 0 spiro atoms. The average Bonchev–Trinajstić information content (AvgIpc) is 3.29. The second-order valence-corrected chi connectivity index (χ2v) is 7.66. The SMILES string of the molecule is CN=C(NCCCCOc1ccc(C)cc1)N1CCN(C(=O)C2CCCO2)CC1. The number of benzene rings is 1. The predicted molar refractivity (Wildman–Crippen MR) is 114 cm³/mol. The highest BCUT2D eigenvalue weighted by Gasteiger charge is 2.30. The number of aryl methyl sites for hydroxylation is 1. The molecule has 2 saturated heterocycles. The lowest BCUT2D eigenvalue weighted by atomic mass is 10.2. The Kier molecular flexibility index (Phi) is 8.16. The molecule has 0 aliphatic carbocycles. The van der Waals surface area contributed by atoms with Crippen LogP contribution in [0.1, 0.15) is 31.2 Å². The van der Waals surface area contributed by atoms with Crippen LogP contribution in [0.3, 0.4) is 0 Å². The summed E-state index contributed by atoms with van der Waals surface area (Å²) in [5.41, 5.74) is 1.24. The summed E-state index contributed by atoms with van der Waals surface area (Å²) in [7, 11) is 1.81. The number of piperazine rings is 1. The van der Waals surface area contributed by atoms with E-state index >= 15 is 0 Å². The molecule has 1 unspecified atom stereocenters. The van der Waals surface area contributed by atoms with Crippen LogP contribution in [0.25, 0.3) is 0 Å². The van der Waals surface area contributed by atoms with Gasteiger partial charge in [-0.25, -0.2) is 0 Å². The van der Waals surface area contributed by atoms with Crippen LogP contribution in [0.2, 0.25) is 0 Å². The van der Waals surface area contributed by atoms with Gasteiger partial charge in [0.15, 0.2) is 5.96 Å². The normalized spacial score (nSPS) is 20.1. The second-order valence-electron chi connectivity index (χ2n) is 7.66. The summed E-state index contributed by atoms with van der Waals surface area (Å²) in [6.07, 6.45) is 3.63. The molecule has 29 heavy (non-hydrogen) atoms. The number of guanidine groups is 1. The number of rotatable bonds is 7. The quantitative estimate of drug-likeness (QED) is 0.430. The zero-order valence-corrected chi connectivity index (χ0v) is 17.7. The van der Waals surface area contributed by atoms with E-state index in [1.807, 2.05) is 24.1 Å². The molecular formula is C22H34N4O3. The Morgan fingerprint density at radius 2 is 1.90 bits per heavy atom. The van der Waals surface area contributed by atoms with Gasteiger partial charge in [-0.3, -0.25) is 9.79 Å². The zero-order valence-electron chi connectivity index (χ0n) is 17.7. The highest BCUT2D eigenvalue weighted by Crippen LogP contribution is 2.16. The van der Waals surface area contributed by atoms with Crippen molar-refractivity contribution in [2.75, 3.05) is 53.0 Å². The molecule has 2 aliphatic rings. The van der Waals surface area contributed by atoms with Gasteiger partial charge < -0.3 is 24.6 Å². The van der Waals surface area contributed by atoms with Crippen LogP contribution < -0.4 is 10.1 Å². The maximum absolute atomic E-state index is 12.5. The number of hydrogen-bond donors (Lipinski definition) is 1. The number of unbranched alkanes of at least 4 members (excludes halogenated alkanes) is 1. The molecule has 3 rings (SSSR count). The van der Waals surface area contributed by atoms with Gasteiger partial charge in [0.05, 0.1) is 6.61 Å². The van der Waals surface area contributed by atoms with Gasteiger partial charge in [-0.05, 0) is 44.7 Å². The number of ether oxygens (including phenoxy) is 2. The van der Waals surface area contributed by atoms with Gasteiger partial charge in [0.25, 0.3) is 5.91 Å². The van der Waals surface area contributed by atoms with Gasteiger partial charge in [-0.15, -0.1) is 0 Å². The van der Waals surface area contributed by atoms with E-state index in [0.717, 1.165) is 70.1 Å². The molecule has 0 saturated carbocycles. The van der Waals surface area contributed by atoms with Crippen molar-refractivity contribution in [1.82, 2.24) is 15.1 Å². The van der Waals surface area contributed by atoms with E-state index in [9.17, 15) is 4.79 Å². The third-order valence-electron chi connectivity index (χ3n) is 5.45. The van der Waals surface area contributed by atoms with Crippen LogP contribution >= 0.6 is 0 Å². The summed E-state index contributed by atoms with van der Waals surface area (Å²) in [5.74, 6) is 1.99. The van der Waals surface area contributed by atoms with Crippen LogP contribution in [0.4, 0.5) is 0 Å². The third kappa shape index (κ3) is 6.35. The Morgan fingerprint density at radius 3 is 2.55 bits per heavy atom. The molecule has 7 heteroatoms. The third-order valence-corrected chi connectivity index (χ3v) is 5.45. The van der Waals surface area contributed by atoms with Gasteiger partial charge in [-0.1, -0.05) is 17.7 Å². The first-order chi connectivity index (χ1) is 14.2. The molecule has 1 N–H and O–H groups in total. The van der Waals surface area contributed by atoms with Crippen LogP contribution in [0, 0.1) is 6.92 Å². The molecule has 0 radical (unpaired) electrons. The fraction of sp³-hybridized carbons (Fsp3) is 0.636. The first-order valence-electron chi connectivity index (χ1n) is 10.7. The lowest BCUT2D eigenvalue weighted by Gasteiger charge is -2.37. The largest absolute Gasteiger partial charge is 0.494 e. The van der Waals surface area contributed by atoms with E-state index in [1.165, 1.54) is 5.56 Å². The van der Waals surface area contributed by atoms with Crippen molar-refractivity contribution in [2.45, 2.75) is 38.7 Å². The molecule has 1 atom stereocenters. The molecule has 160 valence electrons. The Labute approximate surface area is 174 Å². The second kappa shape index (κ2) is 11.0. The van der Waals surface area contributed by atoms with Gasteiger partial charge in [0.2, 0.25) is 0 Å². The summed E-state index contributed by atoms with van der Waals surface area (Å²) in [6.45, 7) is 7.41. The van der Waals surface area contributed by atoms with E-state index in [0.29, 0.717) is 13.2 Å². The van der Waals surface area contributed by atoms with Crippen LogP contribution in [0.15, 0.2) is 29.3 Å². The van der Waals surface area contributed by atoms with Crippen LogP contribution in [0.5, 0.6) is 5.75 Å². The molecule has 0 bridgehead atoms. The standard InChI is InChI=1S/C22H34N4O3/c1-18-7-9-19(10-8-18)28-16-4-3-11-24-22(23-2)26-14-12-25(13-15-26)21(27)20-6-5-17-29-20/h7-10,20H,3-6,11-17H2,1-2H3,(H,23,24). The van der Waals surface area contributed by atoms with Crippen molar-refractivity contribution in [3.05, 3.63) is 29.8 Å². The highest BCUT2D eigenvalue weighted by atomic mass is 16.5. The molecule has 1 aromatic rings. The molecule has 1 amide bonds. The van der Waals surface area contributed by atoms with Gasteiger partial charge in [0.1, 0.15) is 11.9 Å². The molecular weight excluding hydrogens is 368 g/mol. The minimum Gasteiger partial charge on any atom is -0.494 e. The Morgan fingerprint density at radius 1 is 1.17 bits per heavy atom. The van der Waals surface area contributed by atoms with E-state index < -0.39 is 0 Å². The van der Waals surface area contributed by atoms with E-state index in [2.05, 4.69) is 34.3 Å². The van der Waals surface area contributed by atoms with Gasteiger partial charge >= 0.3 is 0 Å². The maximum Gasteiger partial charge on any atom is 0.251 e. The van der Waals surface area contributed by atoms with Gasteiger partial charge in [-0.2, -0.15) is 0 Å². The summed E-state index contributed by atoms with van der Waals surface area (Å²) in [5, 5.41) is 3.44. The van der Waals surface area contributed by atoms with Crippen LogP contribution in [-0.4, -0.2) is 80.8 Å². The number of hydrogen-bond acceptors (Lipinski definition) is 4. The Balaban J connectivity index is 1.30. The fourth-order valence-corrected chi connectivity index (χ4v) is 3.70. The van der Waals surface area contributed by atoms with Crippen molar-refractivity contribution >= 4 is 11.9 Å². The molecule has 2 heterocycles. The molecule has 2 aliphatic heterocycles. The Bertz CT molecular complexity index is 663. The number of amides is 1. The van der Waals surface area contributed by atoms with Crippen molar-refractivity contribution < 1.29 is 14.3 Å². The minimum absolute atomic E-state index is 0.152. The monoisotopic (exact) mass is 402 g/mol. The molecule has 1 aromatic carbocycles. The number of carbonyl (C=O) groups excluding carboxylic acids is 1. The Hall–Kier alpha value is -2.28. The van der Waals surface area contributed by atoms with E-state index in [1.54, 1.807) is 0 Å². The number of aliphatic imine (C=N–C) groups is 1. The van der Waals surface area contributed by atoms with Gasteiger partial charge in [0, 0.05) is 46.4 Å². The number of nitrogens with one attached hydrogen (secondary N) is 1. The zero-order chi connectivity index (χ0) is 20.5. The predicted octanol–water partition coefficient (Wildman–Crippen LogP) is 2.05. The minimum atomic E-state index is -0.221. The van der Waals surface area contributed by atoms with Crippen molar-refractivity contribution in [3.63, 3.8) is 0 Å². The smallest absolute Gasteiger partial charge is 0.251 e. The highest BCUT2D eigenvalue weighted by molar-refractivity contribution is 5.82. The molecule has 2 fully saturated rings. The lowest BCUT2D eigenvalue weighted by molar-refractivity contribution is -0.142. The maximum atomic E-state index is 12.5. The average molecular weight is 403 g/mol. The summed E-state index contributed by atoms with van der Waals surface area (Å²) in [6, 6.07) is 8.15. The van der Waals surface area contributed by atoms with Crippen LogP contribution in [-0.2, 0) is 9.53 Å².